The molecule has 0 fully saturated rings. The van der Waals surface area contributed by atoms with Crippen molar-refractivity contribution in [2.24, 2.45) is 0 Å². The van der Waals surface area contributed by atoms with Crippen LogP contribution in [0, 0.1) is 32.8 Å². The second kappa shape index (κ2) is 13.4. The van der Waals surface area contributed by atoms with Crippen LogP contribution in [0.25, 0.3) is 6.08 Å². The van der Waals surface area contributed by atoms with Crippen molar-refractivity contribution < 1.29 is 4.92 Å². The van der Waals surface area contributed by atoms with Gasteiger partial charge in [-0.2, -0.15) is 10.5 Å². The smallest absolute Gasteiger partial charge is 0.194 e. The summed E-state index contributed by atoms with van der Waals surface area (Å²) in [7, 11) is 0.889. The molecular formula is C14H17N3O2. The molecule has 1 aromatic rings. The minimum absolute atomic E-state index is 0.126. The molecule has 0 saturated carbocycles. The summed E-state index contributed by atoms with van der Waals surface area (Å²) in [5, 5.41) is 25.7. The van der Waals surface area contributed by atoms with Crippen molar-refractivity contribution in [1.82, 2.24) is 0 Å². The van der Waals surface area contributed by atoms with Gasteiger partial charge in [-0.05, 0) is 11.6 Å². The molecule has 19 heavy (non-hydrogen) atoms. The van der Waals surface area contributed by atoms with E-state index >= 15 is 0 Å². The minimum Gasteiger partial charge on any atom is -0.265 e. The molecule has 0 N–H and O–H groups in total. The van der Waals surface area contributed by atoms with Crippen LogP contribution in [0.1, 0.15) is 25.8 Å². The Labute approximate surface area is 113 Å². The first-order valence-corrected chi connectivity index (χ1v) is 5.66. The van der Waals surface area contributed by atoms with Gasteiger partial charge in [0.05, 0.1) is 0 Å². The molecule has 0 spiro atoms. The number of hydrogen-bond donors (Lipinski definition) is 0. The summed E-state index contributed by atoms with van der Waals surface area (Å²) >= 11 is 0. The molecular weight excluding hydrogens is 242 g/mol. The lowest BCUT2D eigenvalue weighted by molar-refractivity contribution is -0.445. The maximum atomic E-state index is 8.81. The first-order valence-electron chi connectivity index (χ1n) is 5.66. The molecule has 5 nitrogen and oxygen atoms in total. The Balaban J connectivity index is 0. The molecule has 0 radical (unpaired) electrons. The number of rotatable bonds is 1. The first kappa shape index (κ1) is 18.7. The fourth-order valence-corrected chi connectivity index (χ4v) is 0.805. The maximum absolute atomic E-state index is 8.81. The van der Waals surface area contributed by atoms with Crippen molar-refractivity contribution in [3.05, 3.63) is 51.6 Å². The molecule has 0 aliphatic carbocycles. The average Bonchev–Trinajstić information content (AvgIpc) is 2.37. The van der Waals surface area contributed by atoms with E-state index in [1.54, 1.807) is 18.2 Å². The molecule has 0 aliphatic heterocycles. The van der Waals surface area contributed by atoms with Crippen molar-refractivity contribution in [3.8, 4) is 12.1 Å². The largest absolute Gasteiger partial charge is 0.265 e. The van der Waals surface area contributed by atoms with Crippen molar-refractivity contribution in [2.45, 2.75) is 20.3 Å². The number of hydrogen-bond acceptors (Lipinski definition) is 4. The number of allylic oxidation sites excluding steroid dienone is 1. The summed E-state index contributed by atoms with van der Waals surface area (Å²) in [6, 6.07) is 12.9. The van der Waals surface area contributed by atoms with Crippen LogP contribution in [0.4, 0.5) is 0 Å². The van der Waals surface area contributed by atoms with Crippen LogP contribution in [0.3, 0.4) is 0 Å². The third-order valence-corrected chi connectivity index (χ3v) is 1.35. The van der Waals surface area contributed by atoms with E-state index in [9.17, 15) is 0 Å². The fourth-order valence-electron chi connectivity index (χ4n) is 0.805. The molecule has 0 saturated heterocycles. The standard InChI is InChI=1S/C10H6N2.C3H8.CH3NO2/c11-7-10(8-12)6-9-4-2-1-3-5-9;1-3-2;1-2(3)4/h1-6H;3H2,1-2H3;1H3. The van der Waals surface area contributed by atoms with E-state index in [4.69, 9.17) is 20.6 Å². The van der Waals surface area contributed by atoms with Gasteiger partial charge in [-0.15, -0.1) is 0 Å². The van der Waals surface area contributed by atoms with Crippen LogP contribution >= 0.6 is 0 Å². The molecule has 5 heteroatoms. The fraction of sp³-hybridized carbons (Fsp3) is 0.286. The van der Waals surface area contributed by atoms with E-state index in [1.807, 2.05) is 30.3 Å². The molecule has 1 rings (SSSR count). The van der Waals surface area contributed by atoms with Gasteiger partial charge in [0.2, 0.25) is 0 Å². The van der Waals surface area contributed by atoms with Gasteiger partial charge in [0.15, 0.2) is 7.05 Å². The van der Waals surface area contributed by atoms with Gasteiger partial charge in [-0.3, -0.25) is 10.1 Å². The number of benzene rings is 1. The SMILES string of the molecule is CCC.C[N+](=O)[O-].N#CC(C#N)=Cc1ccccc1. The van der Waals surface area contributed by atoms with Gasteiger partial charge in [0.25, 0.3) is 0 Å². The van der Waals surface area contributed by atoms with E-state index in [2.05, 4.69) is 13.8 Å². The van der Waals surface area contributed by atoms with Gasteiger partial charge in [-0.1, -0.05) is 50.6 Å². The highest BCUT2D eigenvalue weighted by molar-refractivity contribution is 5.61. The second-order valence-electron chi connectivity index (χ2n) is 3.34. The Bertz CT molecular complexity index is 448. The number of nitriles is 2. The third-order valence-electron chi connectivity index (χ3n) is 1.35. The predicted molar refractivity (Wildman–Crippen MR) is 74.5 cm³/mol. The summed E-state index contributed by atoms with van der Waals surface area (Å²) in [6.07, 6.45) is 2.81. The maximum Gasteiger partial charge on any atom is 0.194 e. The van der Waals surface area contributed by atoms with Crippen LogP contribution in [0.5, 0.6) is 0 Å². The molecule has 0 aliphatic rings. The highest BCUT2D eigenvalue weighted by Gasteiger charge is 1.91. The van der Waals surface area contributed by atoms with Crippen LogP contribution in [0.15, 0.2) is 35.9 Å². The van der Waals surface area contributed by atoms with E-state index in [0.29, 0.717) is 0 Å². The Morgan fingerprint density at radius 1 is 1.26 bits per heavy atom. The molecule has 0 aromatic heterocycles. The second-order valence-corrected chi connectivity index (χ2v) is 3.34. The molecule has 1 aromatic carbocycles. The number of nitrogens with zero attached hydrogens (tertiary/aromatic N) is 3. The van der Waals surface area contributed by atoms with Gasteiger partial charge in [-0.25, -0.2) is 0 Å². The average molecular weight is 259 g/mol. The Hall–Kier alpha value is -2.66. The summed E-state index contributed by atoms with van der Waals surface area (Å²) in [5.41, 5.74) is 0.997. The Kier molecular flexibility index (Phi) is 13.2. The quantitative estimate of drug-likeness (QED) is 0.439. The predicted octanol–water partition coefficient (Wildman–Crippen LogP) is 3.43. The van der Waals surface area contributed by atoms with E-state index in [1.165, 1.54) is 6.42 Å². The summed E-state index contributed by atoms with van der Waals surface area (Å²) in [4.78, 5) is 8.31. The Morgan fingerprint density at radius 2 is 1.63 bits per heavy atom. The van der Waals surface area contributed by atoms with Crippen molar-refractivity contribution in [2.75, 3.05) is 7.05 Å². The van der Waals surface area contributed by atoms with Crippen molar-refractivity contribution in [3.63, 3.8) is 0 Å². The number of nitro groups is 1. The lowest BCUT2D eigenvalue weighted by Gasteiger charge is -1.88. The normalized spacial score (nSPS) is 7.21. The highest BCUT2D eigenvalue weighted by Crippen LogP contribution is 2.04. The molecule has 0 bridgehead atoms. The van der Waals surface area contributed by atoms with Gasteiger partial charge in [0.1, 0.15) is 17.7 Å². The summed E-state index contributed by atoms with van der Waals surface area (Å²) < 4.78 is 0. The lowest BCUT2D eigenvalue weighted by Crippen LogP contribution is -1.79. The van der Waals surface area contributed by atoms with E-state index in [0.717, 1.165) is 12.6 Å². The molecule has 0 heterocycles. The van der Waals surface area contributed by atoms with Crippen molar-refractivity contribution in [1.29, 1.82) is 10.5 Å². The van der Waals surface area contributed by atoms with Crippen LogP contribution < -0.4 is 0 Å². The molecule has 0 atom stereocenters. The van der Waals surface area contributed by atoms with Crippen LogP contribution in [-0.4, -0.2) is 12.0 Å². The monoisotopic (exact) mass is 259 g/mol. The topological polar surface area (TPSA) is 90.7 Å². The Morgan fingerprint density at radius 3 is 1.95 bits per heavy atom. The zero-order valence-corrected chi connectivity index (χ0v) is 11.3. The minimum atomic E-state index is -0.500. The van der Waals surface area contributed by atoms with E-state index < -0.39 is 4.92 Å². The molecule has 0 amide bonds. The van der Waals surface area contributed by atoms with E-state index in [-0.39, 0.29) is 5.57 Å². The first-order chi connectivity index (χ1) is 9.01. The van der Waals surface area contributed by atoms with Crippen molar-refractivity contribution >= 4 is 6.08 Å². The zero-order chi connectivity index (χ0) is 15.1. The van der Waals surface area contributed by atoms with Gasteiger partial charge >= 0.3 is 0 Å². The summed E-state index contributed by atoms with van der Waals surface area (Å²) in [6.45, 7) is 4.25. The third kappa shape index (κ3) is 15.3. The van der Waals surface area contributed by atoms with Gasteiger partial charge in [0, 0.05) is 4.92 Å². The summed E-state index contributed by atoms with van der Waals surface area (Å²) in [5.74, 6) is 0. The molecule has 0 unspecified atom stereocenters. The highest BCUT2D eigenvalue weighted by atomic mass is 16.6. The lowest BCUT2D eigenvalue weighted by atomic mass is 10.1. The zero-order valence-electron chi connectivity index (χ0n) is 11.3. The molecule has 100 valence electrons. The van der Waals surface area contributed by atoms with Crippen LogP contribution in [0.2, 0.25) is 0 Å². The van der Waals surface area contributed by atoms with Gasteiger partial charge < -0.3 is 0 Å². The van der Waals surface area contributed by atoms with Crippen LogP contribution in [-0.2, 0) is 0 Å².